The summed E-state index contributed by atoms with van der Waals surface area (Å²) in [7, 11) is 1.48. The number of piperidine rings is 1. The van der Waals surface area contributed by atoms with E-state index >= 15 is 0 Å². The Morgan fingerprint density at radius 2 is 2.00 bits per heavy atom. The number of rotatable bonds is 4. The van der Waals surface area contributed by atoms with Gasteiger partial charge in [0.05, 0.1) is 48.9 Å². The normalized spacial score (nSPS) is 21.9. The molecule has 2 aliphatic heterocycles. The number of nitrogens with zero attached hydrogens (tertiary/aromatic N) is 2. The number of aryl methyl sites for hydroxylation is 1. The van der Waals surface area contributed by atoms with Gasteiger partial charge in [-0.15, -0.1) is 0 Å². The minimum Gasteiger partial charge on any atom is -0.494 e. The molecular weight excluding hydrogens is 446 g/mol. The number of fused-ring (bicyclic) bond motifs is 3. The van der Waals surface area contributed by atoms with Crippen LogP contribution in [0.1, 0.15) is 27.2 Å². The van der Waals surface area contributed by atoms with Crippen LogP contribution in [0.3, 0.4) is 0 Å². The van der Waals surface area contributed by atoms with E-state index in [0.717, 1.165) is 22.2 Å². The summed E-state index contributed by atoms with van der Waals surface area (Å²) in [5, 5.41) is 3.63. The van der Waals surface area contributed by atoms with Crippen molar-refractivity contribution in [3.63, 3.8) is 0 Å². The standard InChI is InChI=1S/C24H22F2N4O4/c1-11-3-20(31)29-21-14(11)5-13(6-19(21)33-2)27-23(32)15-4-12-9-34-10-18(12)28-22(15)30-7-16-17(8-30)24(16,25)26/h3-6,16-17H,7-10H2,1-2H3,(H,27,32)(H,29,31). The van der Waals surface area contributed by atoms with Gasteiger partial charge in [0.25, 0.3) is 11.8 Å². The van der Waals surface area contributed by atoms with E-state index in [1.54, 1.807) is 30.0 Å². The molecule has 1 aromatic carbocycles. The summed E-state index contributed by atoms with van der Waals surface area (Å²) in [5.74, 6) is -3.60. The van der Waals surface area contributed by atoms with Gasteiger partial charge in [-0.2, -0.15) is 0 Å². The first-order valence-corrected chi connectivity index (χ1v) is 11.0. The second-order valence-electron chi connectivity index (χ2n) is 9.12. The highest BCUT2D eigenvalue weighted by Crippen LogP contribution is 2.59. The summed E-state index contributed by atoms with van der Waals surface area (Å²) < 4.78 is 38.5. The number of aromatic nitrogens is 2. The van der Waals surface area contributed by atoms with Gasteiger partial charge in [0.15, 0.2) is 0 Å². The molecular formula is C24H22F2N4O4. The Balaban J connectivity index is 1.36. The molecule has 2 fully saturated rings. The van der Waals surface area contributed by atoms with Crippen LogP contribution in [0.2, 0.25) is 0 Å². The summed E-state index contributed by atoms with van der Waals surface area (Å²) in [4.78, 5) is 34.5. The molecule has 1 saturated heterocycles. The van der Waals surface area contributed by atoms with Crippen molar-refractivity contribution in [3.05, 3.63) is 57.0 Å². The molecule has 2 aromatic heterocycles. The maximum absolute atomic E-state index is 13.8. The SMILES string of the molecule is COc1cc(NC(=O)c2cc3c(nc2N2CC4C(C2)C4(F)F)COC3)cc2c(C)cc(=O)[nH]c12. The number of amides is 1. The van der Waals surface area contributed by atoms with Gasteiger partial charge in [0.1, 0.15) is 11.6 Å². The summed E-state index contributed by atoms with van der Waals surface area (Å²) in [5.41, 5.74) is 3.36. The van der Waals surface area contributed by atoms with E-state index in [2.05, 4.69) is 15.3 Å². The zero-order chi connectivity index (χ0) is 23.8. The predicted octanol–water partition coefficient (Wildman–Crippen LogP) is 3.22. The highest BCUT2D eigenvalue weighted by atomic mass is 19.3. The van der Waals surface area contributed by atoms with Crippen LogP contribution in [0.25, 0.3) is 10.9 Å². The van der Waals surface area contributed by atoms with Crippen LogP contribution in [0.5, 0.6) is 5.75 Å². The topological polar surface area (TPSA) is 96.5 Å². The van der Waals surface area contributed by atoms with Crippen LogP contribution >= 0.6 is 0 Å². The third-order valence-corrected chi connectivity index (χ3v) is 7.01. The monoisotopic (exact) mass is 468 g/mol. The summed E-state index contributed by atoms with van der Waals surface area (Å²) >= 11 is 0. The molecule has 8 nitrogen and oxygen atoms in total. The van der Waals surface area contributed by atoms with Gasteiger partial charge in [0.2, 0.25) is 5.56 Å². The van der Waals surface area contributed by atoms with Crippen LogP contribution in [-0.4, -0.2) is 42.0 Å². The molecule has 0 radical (unpaired) electrons. The van der Waals surface area contributed by atoms with Crippen LogP contribution in [0.15, 0.2) is 29.1 Å². The molecule has 10 heteroatoms. The Labute approximate surface area is 192 Å². The molecule has 3 aromatic rings. The average molecular weight is 468 g/mol. The quantitative estimate of drug-likeness (QED) is 0.611. The number of hydrogen-bond donors (Lipinski definition) is 2. The Morgan fingerprint density at radius 1 is 1.24 bits per heavy atom. The summed E-state index contributed by atoms with van der Waals surface area (Å²) in [6, 6.07) is 6.61. The van der Waals surface area contributed by atoms with Crippen molar-refractivity contribution < 1.29 is 23.0 Å². The third-order valence-electron chi connectivity index (χ3n) is 7.01. The largest absolute Gasteiger partial charge is 0.494 e. The Hall–Kier alpha value is -3.53. The second kappa shape index (κ2) is 7.23. The van der Waals surface area contributed by atoms with Crippen LogP contribution in [0.4, 0.5) is 20.3 Å². The maximum Gasteiger partial charge on any atom is 0.259 e. The lowest BCUT2D eigenvalue weighted by molar-refractivity contribution is 0.0796. The minimum atomic E-state index is -2.63. The highest BCUT2D eigenvalue weighted by Gasteiger charge is 2.72. The number of methoxy groups -OCH3 is 1. The van der Waals surface area contributed by atoms with Crippen molar-refractivity contribution >= 4 is 28.3 Å². The van der Waals surface area contributed by atoms with E-state index in [1.165, 1.54) is 13.2 Å². The highest BCUT2D eigenvalue weighted by molar-refractivity contribution is 6.09. The van der Waals surface area contributed by atoms with E-state index in [9.17, 15) is 18.4 Å². The number of aromatic amines is 1. The smallest absolute Gasteiger partial charge is 0.259 e. The lowest BCUT2D eigenvalue weighted by atomic mass is 10.1. The third kappa shape index (κ3) is 3.16. The molecule has 0 bridgehead atoms. The number of anilines is 2. The van der Waals surface area contributed by atoms with Gasteiger partial charge < -0.3 is 24.7 Å². The number of H-pyrrole nitrogens is 1. The van der Waals surface area contributed by atoms with E-state index in [1.807, 2.05) is 0 Å². The first-order chi connectivity index (χ1) is 16.3. The van der Waals surface area contributed by atoms with E-state index in [4.69, 9.17) is 9.47 Å². The molecule has 1 aliphatic carbocycles. The minimum absolute atomic E-state index is 0.168. The zero-order valence-electron chi connectivity index (χ0n) is 18.6. The zero-order valence-corrected chi connectivity index (χ0v) is 18.6. The van der Waals surface area contributed by atoms with Crippen LogP contribution < -0.4 is 20.5 Å². The van der Waals surface area contributed by atoms with Crippen molar-refractivity contribution in [1.82, 2.24) is 9.97 Å². The molecule has 3 aliphatic rings. The van der Waals surface area contributed by atoms with Gasteiger partial charge in [0, 0.05) is 41.9 Å². The number of halogens is 2. The van der Waals surface area contributed by atoms with Crippen molar-refractivity contribution in [2.75, 3.05) is 30.4 Å². The lowest BCUT2D eigenvalue weighted by Crippen LogP contribution is -2.31. The predicted molar refractivity (Wildman–Crippen MR) is 121 cm³/mol. The number of alkyl halides is 2. The number of carbonyl (C=O) groups is 1. The van der Waals surface area contributed by atoms with Crippen molar-refractivity contribution in [2.24, 2.45) is 11.8 Å². The second-order valence-corrected chi connectivity index (χ2v) is 9.12. The van der Waals surface area contributed by atoms with Crippen LogP contribution in [-0.2, 0) is 18.0 Å². The fourth-order valence-corrected chi connectivity index (χ4v) is 5.10. The summed E-state index contributed by atoms with van der Waals surface area (Å²) in [6.45, 7) is 2.82. The number of ether oxygens (including phenoxy) is 2. The lowest BCUT2D eigenvalue weighted by Gasteiger charge is -2.24. The number of carbonyl (C=O) groups excluding carboxylic acids is 1. The average Bonchev–Trinajstić information content (AvgIpc) is 3.24. The number of benzene rings is 1. The molecule has 34 heavy (non-hydrogen) atoms. The van der Waals surface area contributed by atoms with Crippen molar-refractivity contribution in [1.29, 1.82) is 0 Å². The first-order valence-electron chi connectivity index (χ1n) is 11.0. The molecule has 1 amide bonds. The Kier molecular flexibility index (Phi) is 4.47. The fourth-order valence-electron chi connectivity index (χ4n) is 5.10. The van der Waals surface area contributed by atoms with Gasteiger partial charge in [-0.3, -0.25) is 9.59 Å². The van der Waals surface area contributed by atoms with Crippen molar-refractivity contribution in [2.45, 2.75) is 26.1 Å². The van der Waals surface area contributed by atoms with E-state index < -0.39 is 23.7 Å². The molecule has 0 spiro atoms. The molecule has 6 rings (SSSR count). The number of pyridine rings is 2. The van der Waals surface area contributed by atoms with Gasteiger partial charge in [-0.05, 0) is 24.6 Å². The molecule has 2 N–H and O–H groups in total. The maximum atomic E-state index is 13.8. The molecule has 4 heterocycles. The van der Waals surface area contributed by atoms with Crippen LogP contribution in [0, 0.1) is 18.8 Å². The summed E-state index contributed by atoms with van der Waals surface area (Å²) in [6.07, 6.45) is 0. The van der Waals surface area contributed by atoms with E-state index in [-0.39, 0.29) is 18.6 Å². The van der Waals surface area contributed by atoms with Gasteiger partial charge >= 0.3 is 0 Å². The Morgan fingerprint density at radius 3 is 2.74 bits per heavy atom. The van der Waals surface area contributed by atoms with E-state index in [0.29, 0.717) is 41.5 Å². The Bertz CT molecular complexity index is 1410. The van der Waals surface area contributed by atoms with Crippen molar-refractivity contribution in [3.8, 4) is 5.75 Å². The van der Waals surface area contributed by atoms with Gasteiger partial charge in [-0.1, -0.05) is 0 Å². The first kappa shape index (κ1) is 21.0. The molecule has 2 unspecified atom stereocenters. The van der Waals surface area contributed by atoms with Gasteiger partial charge in [-0.25, -0.2) is 13.8 Å². The molecule has 1 saturated carbocycles. The number of nitrogens with one attached hydrogen (secondary N) is 2. The molecule has 176 valence electrons. The number of hydrogen-bond acceptors (Lipinski definition) is 6. The molecule has 2 atom stereocenters. The fraction of sp³-hybridized carbons (Fsp3) is 0.375.